The van der Waals surface area contributed by atoms with Gasteiger partial charge in [0.2, 0.25) is 12.3 Å². The Labute approximate surface area is 145 Å². The Morgan fingerprint density at radius 3 is 2.29 bits per heavy atom. The second-order valence-corrected chi connectivity index (χ2v) is 7.22. The summed E-state index contributed by atoms with van der Waals surface area (Å²) in [5.74, 6) is 0.0645. The van der Waals surface area contributed by atoms with Gasteiger partial charge in [0, 0.05) is 0 Å². The second-order valence-electron chi connectivity index (χ2n) is 7.22. The van der Waals surface area contributed by atoms with E-state index in [0.717, 1.165) is 12.8 Å². The maximum atomic E-state index is 12.8. The van der Waals surface area contributed by atoms with E-state index in [1.807, 2.05) is 20.8 Å². The quantitative estimate of drug-likeness (QED) is 0.358. The number of aliphatic hydroxyl groups is 2. The van der Waals surface area contributed by atoms with Crippen molar-refractivity contribution >= 4 is 5.91 Å². The van der Waals surface area contributed by atoms with Crippen LogP contribution >= 0.6 is 0 Å². The molecule has 1 aliphatic rings. The second kappa shape index (κ2) is 9.51. The van der Waals surface area contributed by atoms with Crippen molar-refractivity contribution in [2.75, 3.05) is 0 Å². The topological polar surface area (TPSA) is 90.8 Å². The molecule has 6 heteroatoms. The molecule has 1 rings (SSSR count). The van der Waals surface area contributed by atoms with Crippen molar-refractivity contribution in [3.8, 4) is 0 Å². The lowest BCUT2D eigenvalue weighted by Gasteiger charge is -2.34. The number of carbonyl (C=O) groups excluding carboxylic acids is 1. The molecule has 0 bridgehead atoms. The first-order chi connectivity index (χ1) is 11.2. The van der Waals surface area contributed by atoms with Crippen LogP contribution in [0.3, 0.4) is 0 Å². The van der Waals surface area contributed by atoms with Crippen LogP contribution < -0.4 is 10.6 Å². The standard InChI is InChI=1S/C18H34N2O4/c1-6-9-15(13(4)21)19-16(22)18(10-7-8-11-18)20-17(23)24-14(5)12(2)3/h6,12-15,17,20-21,23H,1,7-11H2,2-5H3,(H,19,22). The summed E-state index contributed by atoms with van der Waals surface area (Å²) in [6, 6.07) is -0.387. The molecule has 0 aromatic rings. The van der Waals surface area contributed by atoms with E-state index in [9.17, 15) is 15.0 Å². The van der Waals surface area contributed by atoms with Gasteiger partial charge in [-0.2, -0.15) is 0 Å². The lowest BCUT2D eigenvalue weighted by molar-refractivity contribution is -0.175. The van der Waals surface area contributed by atoms with Gasteiger partial charge in [-0.1, -0.05) is 32.8 Å². The molecule has 0 radical (unpaired) electrons. The first-order valence-corrected chi connectivity index (χ1v) is 8.93. The van der Waals surface area contributed by atoms with Crippen LogP contribution in [0.4, 0.5) is 0 Å². The number of rotatable bonds is 10. The van der Waals surface area contributed by atoms with Crippen LogP contribution in [0.2, 0.25) is 0 Å². The van der Waals surface area contributed by atoms with Gasteiger partial charge in [0.15, 0.2) is 0 Å². The molecular formula is C18H34N2O4. The molecule has 0 aliphatic heterocycles. The molecule has 6 nitrogen and oxygen atoms in total. The molecule has 4 atom stereocenters. The molecule has 0 aromatic heterocycles. The fourth-order valence-electron chi connectivity index (χ4n) is 2.91. The molecule has 0 saturated heterocycles. The van der Waals surface area contributed by atoms with Gasteiger partial charge < -0.3 is 20.3 Å². The Bertz CT molecular complexity index is 406. The van der Waals surface area contributed by atoms with E-state index in [1.54, 1.807) is 13.0 Å². The Balaban J connectivity index is 2.76. The summed E-state index contributed by atoms with van der Waals surface area (Å²) < 4.78 is 5.55. The average Bonchev–Trinajstić information content (AvgIpc) is 2.95. The largest absolute Gasteiger partial charge is 0.391 e. The maximum absolute atomic E-state index is 12.8. The van der Waals surface area contributed by atoms with Crippen LogP contribution in [-0.2, 0) is 9.53 Å². The summed E-state index contributed by atoms with van der Waals surface area (Å²) in [5, 5.41) is 25.9. The van der Waals surface area contributed by atoms with Gasteiger partial charge in [-0.05, 0) is 39.0 Å². The summed E-state index contributed by atoms with van der Waals surface area (Å²) in [7, 11) is 0. The maximum Gasteiger partial charge on any atom is 0.240 e. The predicted molar refractivity (Wildman–Crippen MR) is 94.2 cm³/mol. The van der Waals surface area contributed by atoms with Crippen LogP contribution in [0.1, 0.15) is 59.8 Å². The number of ether oxygens (including phenoxy) is 1. The van der Waals surface area contributed by atoms with E-state index in [-0.39, 0.29) is 24.0 Å². The molecule has 1 aliphatic carbocycles. The molecule has 4 unspecified atom stereocenters. The molecule has 1 amide bonds. The average molecular weight is 342 g/mol. The third-order valence-corrected chi connectivity index (χ3v) is 4.89. The van der Waals surface area contributed by atoms with Crippen molar-refractivity contribution in [1.82, 2.24) is 10.6 Å². The summed E-state index contributed by atoms with van der Waals surface area (Å²) in [6.07, 6.45) is 3.26. The lowest BCUT2D eigenvalue weighted by Crippen LogP contribution is -2.61. The molecule has 0 aromatic carbocycles. The zero-order chi connectivity index (χ0) is 18.3. The third-order valence-electron chi connectivity index (χ3n) is 4.89. The smallest absolute Gasteiger partial charge is 0.240 e. The Hall–Kier alpha value is -0.950. The van der Waals surface area contributed by atoms with Gasteiger partial charge in [0.25, 0.3) is 0 Å². The highest BCUT2D eigenvalue weighted by Crippen LogP contribution is 2.31. The van der Waals surface area contributed by atoms with Crippen molar-refractivity contribution < 1.29 is 19.7 Å². The van der Waals surface area contributed by atoms with E-state index in [1.165, 1.54) is 0 Å². The van der Waals surface area contributed by atoms with E-state index in [2.05, 4.69) is 17.2 Å². The van der Waals surface area contributed by atoms with E-state index in [0.29, 0.717) is 19.3 Å². The van der Waals surface area contributed by atoms with E-state index >= 15 is 0 Å². The minimum Gasteiger partial charge on any atom is -0.391 e. The number of aliphatic hydroxyl groups excluding tert-OH is 2. The van der Waals surface area contributed by atoms with Crippen LogP contribution in [0, 0.1) is 5.92 Å². The molecule has 4 N–H and O–H groups in total. The van der Waals surface area contributed by atoms with Gasteiger partial charge >= 0.3 is 0 Å². The van der Waals surface area contributed by atoms with Gasteiger partial charge in [-0.15, -0.1) is 6.58 Å². The Morgan fingerprint density at radius 1 is 1.25 bits per heavy atom. The van der Waals surface area contributed by atoms with Gasteiger partial charge in [-0.25, -0.2) is 0 Å². The number of hydrogen-bond donors (Lipinski definition) is 4. The highest BCUT2D eigenvalue weighted by Gasteiger charge is 2.43. The molecule has 1 fully saturated rings. The molecular weight excluding hydrogens is 308 g/mol. The number of carbonyl (C=O) groups is 1. The summed E-state index contributed by atoms with van der Waals surface area (Å²) in [4.78, 5) is 12.8. The molecule has 24 heavy (non-hydrogen) atoms. The van der Waals surface area contributed by atoms with Crippen molar-refractivity contribution in [3.05, 3.63) is 12.7 Å². The zero-order valence-corrected chi connectivity index (χ0v) is 15.4. The normalized spacial score (nSPS) is 22.0. The minimum atomic E-state index is -1.20. The van der Waals surface area contributed by atoms with Crippen molar-refractivity contribution in [2.24, 2.45) is 5.92 Å². The SMILES string of the molecule is C=CCC(NC(=O)C1(NC(O)OC(C)C(C)C)CCCC1)C(C)O. The molecule has 0 spiro atoms. The summed E-state index contributed by atoms with van der Waals surface area (Å²) >= 11 is 0. The molecule has 0 heterocycles. The Morgan fingerprint density at radius 2 is 1.83 bits per heavy atom. The lowest BCUT2D eigenvalue weighted by atomic mass is 9.95. The highest BCUT2D eigenvalue weighted by molar-refractivity contribution is 5.87. The van der Waals surface area contributed by atoms with Crippen LogP contribution in [-0.4, -0.2) is 46.3 Å². The van der Waals surface area contributed by atoms with Gasteiger partial charge in [-0.3, -0.25) is 10.1 Å². The van der Waals surface area contributed by atoms with Crippen molar-refractivity contribution in [3.63, 3.8) is 0 Å². The number of nitrogens with one attached hydrogen (secondary N) is 2. The fraction of sp³-hybridized carbons (Fsp3) is 0.833. The fourth-order valence-corrected chi connectivity index (χ4v) is 2.91. The first-order valence-electron chi connectivity index (χ1n) is 8.93. The monoisotopic (exact) mass is 342 g/mol. The predicted octanol–water partition coefficient (Wildman–Crippen LogP) is 1.67. The van der Waals surface area contributed by atoms with Gasteiger partial charge in [0.1, 0.15) is 5.54 Å². The zero-order valence-electron chi connectivity index (χ0n) is 15.4. The highest BCUT2D eigenvalue weighted by atomic mass is 16.6. The van der Waals surface area contributed by atoms with Crippen LogP contribution in [0.5, 0.6) is 0 Å². The number of amides is 1. The van der Waals surface area contributed by atoms with Crippen molar-refractivity contribution in [2.45, 2.75) is 90.0 Å². The Kier molecular flexibility index (Phi) is 8.36. The first kappa shape index (κ1) is 21.1. The summed E-state index contributed by atoms with van der Waals surface area (Å²) in [5.41, 5.74) is -0.857. The van der Waals surface area contributed by atoms with Crippen molar-refractivity contribution in [1.29, 1.82) is 0 Å². The molecule has 140 valence electrons. The van der Waals surface area contributed by atoms with Crippen LogP contribution in [0.25, 0.3) is 0 Å². The van der Waals surface area contributed by atoms with Crippen LogP contribution in [0.15, 0.2) is 12.7 Å². The minimum absolute atomic E-state index is 0.125. The summed E-state index contributed by atoms with van der Waals surface area (Å²) in [6.45, 7) is 11.2. The number of hydrogen-bond acceptors (Lipinski definition) is 5. The van der Waals surface area contributed by atoms with E-state index in [4.69, 9.17) is 4.74 Å². The van der Waals surface area contributed by atoms with Gasteiger partial charge in [0.05, 0.1) is 18.2 Å². The van der Waals surface area contributed by atoms with E-state index < -0.39 is 18.1 Å². The third kappa shape index (κ3) is 5.84. The molecule has 1 saturated carbocycles.